The van der Waals surface area contributed by atoms with E-state index in [2.05, 4.69) is 5.10 Å². The van der Waals surface area contributed by atoms with Crippen LogP contribution in [-0.2, 0) is 28.9 Å². The Kier molecular flexibility index (Phi) is 7.83. The third kappa shape index (κ3) is 6.03. The molecule has 1 N–H and O–H groups in total. The molecule has 9 nitrogen and oxygen atoms in total. The van der Waals surface area contributed by atoms with Gasteiger partial charge in [-0.25, -0.2) is 4.79 Å². The fraction of sp³-hybridized carbons (Fsp3) is 0.258. The van der Waals surface area contributed by atoms with Crippen LogP contribution in [0.3, 0.4) is 0 Å². The molecule has 2 heterocycles. The predicted octanol–water partition coefficient (Wildman–Crippen LogP) is 5.70. The molecular weight excluding hydrogens is 581 g/mol. The van der Waals surface area contributed by atoms with Gasteiger partial charge in [-0.2, -0.15) is 4.68 Å². The standard InChI is InChI=1S/C31H27Cl2N3O6/c1-31(2,3)42-30(41)36-25(15-27(39)34-36)18-6-4-17(5-7-18)12-20(37)16-35-24-10-11-26(38)29(24)22(14-28(35)40)21-13-19(32)8-9-23(21)33/h4-9,13-15H,10-12,16H2,1-3H3,(H,34,39). The van der Waals surface area contributed by atoms with Crippen LogP contribution >= 0.6 is 23.2 Å². The molecule has 42 heavy (non-hydrogen) atoms. The number of H-pyrrole nitrogens is 1. The van der Waals surface area contributed by atoms with E-state index in [0.717, 1.165) is 4.68 Å². The number of ether oxygens (including phenoxy) is 1. The van der Waals surface area contributed by atoms with Gasteiger partial charge >= 0.3 is 6.09 Å². The minimum atomic E-state index is -0.752. The summed E-state index contributed by atoms with van der Waals surface area (Å²) in [4.78, 5) is 63.7. The van der Waals surface area contributed by atoms with Gasteiger partial charge in [-0.3, -0.25) is 24.3 Å². The summed E-state index contributed by atoms with van der Waals surface area (Å²) in [5.74, 6) is -0.352. The van der Waals surface area contributed by atoms with Crippen molar-refractivity contribution in [1.29, 1.82) is 0 Å². The van der Waals surface area contributed by atoms with Crippen molar-refractivity contribution in [2.45, 2.75) is 52.2 Å². The first-order valence-electron chi connectivity index (χ1n) is 13.2. The quantitative estimate of drug-likeness (QED) is 0.300. The van der Waals surface area contributed by atoms with Gasteiger partial charge in [0.15, 0.2) is 11.6 Å². The largest absolute Gasteiger partial charge is 0.442 e. The average Bonchev–Trinajstić information content (AvgIpc) is 3.49. The minimum absolute atomic E-state index is 0.0311. The summed E-state index contributed by atoms with van der Waals surface area (Å²) in [7, 11) is 0. The van der Waals surface area contributed by atoms with Crippen molar-refractivity contribution in [3.63, 3.8) is 0 Å². The Bertz CT molecular complexity index is 1860. The van der Waals surface area contributed by atoms with Crippen LogP contribution in [0.1, 0.15) is 48.8 Å². The number of rotatable bonds is 6. The van der Waals surface area contributed by atoms with Gasteiger partial charge in [0.05, 0.1) is 12.2 Å². The number of aromatic nitrogens is 3. The number of hydrogen-bond acceptors (Lipinski definition) is 6. The van der Waals surface area contributed by atoms with Crippen molar-refractivity contribution in [3.05, 3.63) is 102 Å². The Labute approximate surface area is 250 Å². The molecule has 0 unspecified atom stereocenters. The predicted molar refractivity (Wildman–Crippen MR) is 160 cm³/mol. The second-order valence-electron chi connectivity index (χ2n) is 11.1. The number of halogens is 2. The lowest BCUT2D eigenvalue weighted by atomic mass is 9.98. The molecule has 1 aliphatic carbocycles. The lowest BCUT2D eigenvalue weighted by Gasteiger charge is -2.20. The van der Waals surface area contributed by atoms with Crippen LogP contribution in [-0.4, -0.2) is 37.6 Å². The number of pyridine rings is 1. The van der Waals surface area contributed by atoms with Crippen molar-refractivity contribution >= 4 is 40.9 Å². The molecule has 4 aromatic rings. The molecular formula is C31H27Cl2N3O6. The Morgan fingerprint density at radius 3 is 2.33 bits per heavy atom. The van der Waals surface area contributed by atoms with Gasteiger partial charge in [-0.15, -0.1) is 0 Å². The van der Waals surface area contributed by atoms with Crippen LogP contribution < -0.4 is 11.1 Å². The van der Waals surface area contributed by atoms with E-state index in [0.29, 0.717) is 55.7 Å². The lowest BCUT2D eigenvalue weighted by molar-refractivity contribution is -0.119. The fourth-order valence-corrected chi connectivity index (χ4v) is 5.41. The van der Waals surface area contributed by atoms with E-state index < -0.39 is 22.8 Å². The number of nitrogens with zero attached hydrogens (tertiary/aromatic N) is 2. The normalized spacial score (nSPS) is 12.8. The first-order chi connectivity index (χ1) is 19.8. The van der Waals surface area contributed by atoms with Gasteiger partial charge in [-0.1, -0.05) is 47.5 Å². The Morgan fingerprint density at radius 2 is 1.64 bits per heavy atom. The molecule has 11 heteroatoms. The molecule has 216 valence electrons. The maximum absolute atomic E-state index is 13.2. The van der Waals surface area contributed by atoms with Crippen LogP contribution in [0, 0.1) is 0 Å². The zero-order valence-electron chi connectivity index (χ0n) is 23.1. The Balaban J connectivity index is 1.38. The summed E-state index contributed by atoms with van der Waals surface area (Å²) in [5.41, 5.74) is 1.74. The second-order valence-corrected chi connectivity index (χ2v) is 11.9. The number of Topliss-reactive ketones (excluding diaryl/α,β-unsaturated/α-hetero) is 2. The van der Waals surface area contributed by atoms with Gasteiger partial charge in [0, 0.05) is 63.0 Å². The summed E-state index contributed by atoms with van der Waals surface area (Å²) in [6, 6.07) is 14.3. The third-order valence-corrected chi connectivity index (χ3v) is 7.36. The van der Waals surface area contributed by atoms with Gasteiger partial charge in [0.1, 0.15) is 5.60 Å². The van der Waals surface area contributed by atoms with E-state index in [9.17, 15) is 24.0 Å². The number of fused-ring (bicyclic) bond motifs is 1. The minimum Gasteiger partial charge on any atom is -0.442 e. The molecule has 0 bridgehead atoms. The smallest absolute Gasteiger partial charge is 0.434 e. The number of ketones is 2. The molecule has 2 aromatic heterocycles. The molecule has 5 rings (SSSR count). The monoisotopic (exact) mass is 607 g/mol. The third-order valence-electron chi connectivity index (χ3n) is 6.80. The Morgan fingerprint density at radius 1 is 0.929 bits per heavy atom. The molecule has 0 atom stereocenters. The SMILES string of the molecule is CC(C)(C)OC(=O)n1[nH]c(=O)cc1-c1ccc(CC(=O)Cn2c3c(c(-c4cc(Cl)ccc4Cl)cc2=O)C(=O)CC3)cc1. The number of benzene rings is 2. The van der Waals surface area contributed by atoms with Crippen molar-refractivity contribution in [2.24, 2.45) is 0 Å². The molecule has 0 spiro atoms. The van der Waals surface area contributed by atoms with Crippen molar-refractivity contribution in [2.75, 3.05) is 0 Å². The number of nitrogens with one attached hydrogen (secondary N) is 1. The molecule has 0 aliphatic heterocycles. The first kappa shape index (κ1) is 29.3. The van der Waals surface area contributed by atoms with E-state index in [-0.39, 0.29) is 31.0 Å². The highest BCUT2D eigenvalue weighted by Gasteiger charge is 2.29. The Hall–Kier alpha value is -4.21. The molecule has 1 aliphatic rings. The molecule has 0 fully saturated rings. The van der Waals surface area contributed by atoms with Crippen LogP contribution in [0.25, 0.3) is 22.4 Å². The van der Waals surface area contributed by atoms with Crippen molar-refractivity contribution in [3.8, 4) is 22.4 Å². The van der Waals surface area contributed by atoms with Crippen LogP contribution in [0.2, 0.25) is 10.0 Å². The molecule has 0 saturated carbocycles. The zero-order chi connectivity index (χ0) is 30.3. The first-order valence-corrected chi connectivity index (χ1v) is 14.0. The van der Waals surface area contributed by atoms with Gasteiger partial charge in [-0.05, 0) is 51.0 Å². The topological polar surface area (TPSA) is 120 Å². The number of carbonyl (C=O) groups is 3. The van der Waals surface area contributed by atoms with Crippen molar-refractivity contribution in [1.82, 2.24) is 14.3 Å². The summed E-state index contributed by atoms with van der Waals surface area (Å²) >= 11 is 12.5. The van der Waals surface area contributed by atoms with Crippen molar-refractivity contribution < 1.29 is 19.1 Å². The molecule has 2 aromatic carbocycles. The average molecular weight is 608 g/mol. The highest BCUT2D eigenvalue weighted by molar-refractivity contribution is 6.35. The highest BCUT2D eigenvalue weighted by Crippen LogP contribution is 2.36. The van der Waals surface area contributed by atoms with Crippen LogP contribution in [0.4, 0.5) is 4.79 Å². The van der Waals surface area contributed by atoms with Crippen LogP contribution in [0.5, 0.6) is 0 Å². The van der Waals surface area contributed by atoms with E-state index in [1.165, 1.54) is 16.7 Å². The number of hydrogen-bond donors (Lipinski definition) is 1. The molecule has 0 saturated heterocycles. The lowest BCUT2D eigenvalue weighted by Crippen LogP contribution is -2.28. The summed E-state index contributed by atoms with van der Waals surface area (Å²) in [6.45, 7) is 4.97. The van der Waals surface area contributed by atoms with E-state index >= 15 is 0 Å². The second kappa shape index (κ2) is 11.2. The van der Waals surface area contributed by atoms with E-state index in [4.69, 9.17) is 27.9 Å². The zero-order valence-corrected chi connectivity index (χ0v) is 24.6. The fourth-order valence-electron chi connectivity index (χ4n) is 5.02. The number of carbonyl (C=O) groups excluding carboxylic acids is 3. The summed E-state index contributed by atoms with van der Waals surface area (Å²) in [6.07, 6.45) is -0.122. The highest BCUT2D eigenvalue weighted by atomic mass is 35.5. The number of aromatic amines is 1. The van der Waals surface area contributed by atoms with Gasteiger partial charge in [0.25, 0.3) is 11.1 Å². The van der Waals surface area contributed by atoms with E-state index in [1.807, 2.05) is 0 Å². The molecule has 0 amide bonds. The molecule has 0 radical (unpaired) electrons. The van der Waals surface area contributed by atoms with Gasteiger partial charge in [0.2, 0.25) is 0 Å². The van der Waals surface area contributed by atoms with Gasteiger partial charge < -0.3 is 9.30 Å². The summed E-state index contributed by atoms with van der Waals surface area (Å²) < 4.78 is 7.77. The van der Waals surface area contributed by atoms with Crippen LogP contribution in [0.15, 0.2) is 64.2 Å². The summed E-state index contributed by atoms with van der Waals surface area (Å²) in [5, 5.41) is 3.23. The maximum Gasteiger partial charge on any atom is 0.434 e. The maximum atomic E-state index is 13.2. The van der Waals surface area contributed by atoms with E-state index in [1.54, 1.807) is 63.2 Å².